The molecular weight excluding hydrogens is 452 g/mol. The molecule has 0 spiro atoms. The van der Waals surface area contributed by atoms with Crippen LogP contribution in [-0.2, 0) is 9.47 Å². The summed E-state index contributed by atoms with van der Waals surface area (Å²) in [5, 5.41) is 59.7. The van der Waals surface area contributed by atoms with Gasteiger partial charge in [0.25, 0.3) is 0 Å². The average molecular weight is 487 g/mol. The van der Waals surface area contributed by atoms with Crippen LogP contribution in [0.15, 0.2) is 60.6 Å². The number of ether oxygens (including phenoxy) is 2. The Labute approximate surface area is 204 Å². The number of hydrogen-bond donors (Lipinski definition) is 6. The minimum Gasteiger partial charge on any atom is -0.512 e. The van der Waals surface area contributed by atoms with E-state index in [1.54, 1.807) is 6.92 Å². The lowest BCUT2D eigenvalue weighted by Gasteiger charge is -2.43. The second kappa shape index (κ2) is 10.7. The summed E-state index contributed by atoms with van der Waals surface area (Å²) in [4.78, 5) is 0. The van der Waals surface area contributed by atoms with Gasteiger partial charge in [-0.05, 0) is 28.2 Å². The number of aliphatic hydroxyl groups is 6. The van der Waals surface area contributed by atoms with Crippen molar-refractivity contribution in [2.24, 2.45) is 17.8 Å². The normalized spacial score (nSPS) is 36.7. The monoisotopic (exact) mass is 486 g/mol. The summed E-state index contributed by atoms with van der Waals surface area (Å²) < 4.78 is 11.6. The minimum absolute atomic E-state index is 0.0334. The number of aliphatic hydroxyl groups excluding tert-OH is 6. The lowest BCUT2D eigenvalue weighted by atomic mass is 9.78. The fraction of sp³-hybridized carbons (Fsp3) is 0.481. The molecule has 2 heterocycles. The summed E-state index contributed by atoms with van der Waals surface area (Å²) >= 11 is 0. The summed E-state index contributed by atoms with van der Waals surface area (Å²) in [5.74, 6) is -0.990. The van der Waals surface area contributed by atoms with Gasteiger partial charge in [0.15, 0.2) is 5.76 Å². The molecule has 2 aliphatic rings. The van der Waals surface area contributed by atoms with E-state index in [-0.39, 0.29) is 36.9 Å². The maximum Gasteiger partial charge on any atom is 0.160 e. The Hall–Kier alpha value is -2.46. The molecule has 0 aromatic heterocycles. The highest BCUT2D eigenvalue weighted by molar-refractivity contribution is 5.64. The van der Waals surface area contributed by atoms with Crippen molar-refractivity contribution in [3.8, 4) is 11.1 Å². The predicted octanol–water partition coefficient (Wildman–Crippen LogP) is 2.22. The van der Waals surface area contributed by atoms with Gasteiger partial charge < -0.3 is 40.1 Å². The maximum atomic E-state index is 10.6. The van der Waals surface area contributed by atoms with Gasteiger partial charge in [0, 0.05) is 18.4 Å². The maximum absolute atomic E-state index is 10.6. The van der Waals surface area contributed by atoms with E-state index in [4.69, 9.17) is 9.47 Å². The molecule has 0 radical (unpaired) electrons. The second-order valence-electron chi connectivity index (χ2n) is 9.58. The Morgan fingerprint density at radius 3 is 1.77 bits per heavy atom. The standard InChI is InChI=1S/C27H34O8/c1-14-20(11-28)25(33)22(13-30)34-26(14)18-7-3-16(4-8-18)17-5-9-19(10-6-17)27-24(32)15(2)23(31)21(12-29)35-27/h3-10,12,14-15,20,22-33H,11,13H2,1-2H3/b21-12+/t14-,15?,20+,22+,23-,24-,25-,26-,27+/m0/s1. The number of rotatable bonds is 5. The van der Waals surface area contributed by atoms with Crippen LogP contribution in [0.5, 0.6) is 0 Å². The molecule has 2 aliphatic heterocycles. The second-order valence-corrected chi connectivity index (χ2v) is 9.58. The molecule has 8 heteroatoms. The number of benzene rings is 2. The van der Waals surface area contributed by atoms with E-state index in [9.17, 15) is 30.6 Å². The highest BCUT2D eigenvalue weighted by Gasteiger charge is 2.43. The van der Waals surface area contributed by atoms with Crippen molar-refractivity contribution in [2.45, 2.75) is 50.5 Å². The van der Waals surface area contributed by atoms with Crippen LogP contribution in [0.2, 0.25) is 0 Å². The van der Waals surface area contributed by atoms with Crippen LogP contribution < -0.4 is 0 Å². The Bertz CT molecular complexity index is 1000. The van der Waals surface area contributed by atoms with Gasteiger partial charge in [0.1, 0.15) is 30.7 Å². The third kappa shape index (κ3) is 4.82. The molecule has 0 bridgehead atoms. The summed E-state index contributed by atoms with van der Waals surface area (Å²) in [6.07, 6.45) is -4.00. The lowest BCUT2D eigenvalue weighted by Crippen LogP contribution is -2.49. The molecule has 2 fully saturated rings. The fourth-order valence-corrected chi connectivity index (χ4v) is 5.12. The van der Waals surface area contributed by atoms with E-state index in [1.807, 2.05) is 55.5 Å². The third-order valence-electron chi connectivity index (χ3n) is 7.53. The first-order valence-electron chi connectivity index (χ1n) is 11.9. The first-order chi connectivity index (χ1) is 16.8. The van der Waals surface area contributed by atoms with Gasteiger partial charge in [-0.3, -0.25) is 0 Å². The zero-order valence-corrected chi connectivity index (χ0v) is 19.8. The van der Waals surface area contributed by atoms with E-state index < -0.39 is 36.4 Å². The quantitative estimate of drug-likeness (QED) is 0.354. The van der Waals surface area contributed by atoms with Crippen molar-refractivity contribution in [3.05, 3.63) is 71.7 Å². The lowest BCUT2D eigenvalue weighted by molar-refractivity contribution is -0.192. The number of hydrogen-bond acceptors (Lipinski definition) is 8. The SMILES string of the molecule is CC1[C@H](O)/C(=C\O)O[C@H](c2ccc(-c3ccc([C@H]4O[C@H](CO)[C@@H](O)[C@H](CO)[C@@H]4C)cc3)cc2)[C@H]1O. The Morgan fingerprint density at radius 2 is 1.29 bits per heavy atom. The van der Waals surface area contributed by atoms with E-state index in [1.165, 1.54) is 0 Å². The van der Waals surface area contributed by atoms with E-state index >= 15 is 0 Å². The topological polar surface area (TPSA) is 140 Å². The Kier molecular flexibility index (Phi) is 7.80. The molecule has 0 aliphatic carbocycles. The van der Waals surface area contributed by atoms with Gasteiger partial charge in [-0.15, -0.1) is 0 Å². The van der Waals surface area contributed by atoms with Crippen LogP contribution in [0.3, 0.4) is 0 Å². The predicted molar refractivity (Wildman–Crippen MR) is 128 cm³/mol. The fourth-order valence-electron chi connectivity index (χ4n) is 5.12. The zero-order valence-electron chi connectivity index (χ0n) is 19.8. The molecule has 2 saturated heterocycles. The van der Waals surface area contributed by atoms with Crippen molar-refractivity contribution in [1.82, 2.24) is 0 Å². The molecule has 2 aromatic carbocycles. The van der Waals surface area contributed by atoms with Gasteiger partial charge in [-0.2, -0.15) is 0 Å². The molecule has 0 saturated carbocycles. The van der Waals surface area contributed by atoms with Crippen molar-refractivity contribution < 1.29 is 40.1 Å². The van der Waals surface area contributed by atoms with Gasteiger partial charge in [-0.1, -0.05) is 62.4 Å². The summed E-state index contributed by atoms with van der Waals surface area (Å²) in [6.45, 7) is 3.12. The average Bonchev–Trinajstić information content (AvgIpc) is 2.88. The molecule has 190 valence electrons. The van der Waals surface area contributed by atoms with E-state index in [0.29, 0.717) is 0 Å². The molecular formula is C27H34O8. The van der Waals surface area contributed by atoms with E-state index in [2.05, 4.69) is 0 Å². The highest BCUT2D eigenvalue weighted by Crippen LogP contribution is 2.41. The molecule has 6 N–H and O–H groups in total. The van der Waals surface area contributed by atoms with Gasteiger partial charge in [-0.25, -0.2) is 0 Å². The van der Waals surface area contributed by atoms with Gasteiger partial charge in [0.2, 0.25) is 0 Å². The van der Waals surface area contributed by atoms with Crippen LogP contribution in [0.1, 0.15) is 37.2 Å². The zero-order chi connectivity index (χ0) is 25.3. The van der Waals surface area contributed by atoms with E-state index in [0.717, 1.165) is 28.5 Å². The first-order valence-corrected chi connectivity index (χ1v) is 11.9. The summed E-state index contributed by atoms with van der Waals surface area (Å²) in [6, 6.07) is 15.3. The first kappa shape index (κ1) is 25.6. The molecule has 9 atom stereocenters. The largest absolute Gasteiger partial charge is 0.512 e. The van der Waals surface area contributed by atoms with Crippen LogP contribution in [0, 0.1) is 17.8 Å². The van der Waals surface area contributed by atoms with Crippen LogP contribution in [-0.4, -0.2) is 68.3 Å². The van der Waals surface area contributed by atoms with Crippen LogP contribution in [0.25, 0.3) is 11.1 Å². The smallest absolute Gasteiger partial charge is 0.160 e. The molecule has 2 aromatic rings. The van der Waals surface area contributed by atoms with Gasteiger partial charge in [0.05, 0.1) is 18.8 Å². The highest BCUT2D eigenvalue weighted by atomic mass is 16.5. The van der Waals surface area contributed by atoms with Crippen LogP contribution >= 0.6 is 0 Å². The summed E-state index contributed by atoms with van der Waals surface area (Å²) in [5.41, 5.74) is 3.54. The molecule has 8 nitrogen and oxygen atoms in total. The van der Waals surface area contributed by atoms with Crippen molar-refractivity contribution in [1.29, 1.82) is 0 Å². The van der Waals surface area contributed by atoms with Crippen molar-refractivity contribution in [3.63, 3.8) is 0 Å². The van der Waals surface area contributed by atoms with Crippen LogP contribution in [0.4, 0.5) is 0 Å². The molecule has 4 rings (SSSR count). The molecule has 0 amide bonds. The van der Waals surface area contributed by atoms with Gasteiger partial charge >= 0.3 is 0 Å². The molecule has 35 heavy (non-hydrogen) atoms. The Morgan fingerprint density at radius 1 is 0.743 bits per heavy atom. The van der Waals surface area contributed by atoms with Crippen molar-refractivity contribution >= 4 is 0 Å². The third-order valence-corrected chi connectivity index (χ3v) is 7.53. The molecule has 1 unspecified atom stereocenters. The summed E-state index contributed by atoms with van der Waals surface area (Å²) in [7, 11) is 0. The van der Waals surface area contributed by atoms with Crippen molar-refractivity contribution in [2.75, 3.05) is 13.2 Å². The Balaban J connectivity index is 1.51. The minimum atomic E-state index is -1.07.